The number of rotatable bonds is 6. The lowest BCUT2D eigenvalue weighted by Gasteiger charge is -2.22. The molecule has 0 spiro atoms. The molecular weight excluding hydrogens is 817 g/mol. The monoisotopic (exact) mass is 858 g/mol. The van der Waals surface area contributed by atoms with Gasteiger partial charge in [0.2, 0.25) is 0 Å². The van der Waals surface area contributed by atoms with Crippen LogP contribution in [0.2, 0.25) is 0 Å². The number of hydrogen-bond donors (Lipinski definition) is 0. The summed E-state index contributed by atoms with van der Waals surface area (Å²) in [7, 11) is 0. The minimum absolute atomic E-state index is 0.169. The van der Waals surface area contributed by atoms with E-state index in [2.05, 4.69) is 232 Å². The highest BCUT2D eigenvalue weighted by Gasteiger charge is 2.37. The second kappa shape index (κ2) is 15.1. The maximum Gasteiger partial charge on any atom is 0.160 e. The Hall–Kier alpha value is -7.98. The highest BCUT2D eigenvalue weighted by Crippen LogP contribution is 2.54. The van der Waals surface area contributed by atoms with Crippen molar-refractivity contribution in [1.29, 1.82) is 0 Å². The van der Waals surface area contributed by atoms with Crippen molar-refractivity contribution in [3.63, 3.8) is 0 Å². The Kier molecular flexibility index (Phi) is 8.78. The fraction of sp³-hybridized carbons (Fsp3) is 0.0476. The number of aromatic nitrogens is 2. The molecule has 2 aromatic heterocycles. The maximum absolute atomic E-state index is 5.52. The average Bonchev–Trinajstić information content (AvgIpc) is 3.87. The van der Waals surface area contributed by atoms with Gasteiger partial charge in [0.15, 0.2) is 5.82 Å². The summed E-state index contributed by atoms with van der Waals surface area (Å²) >= 11 is 1.87. The lowest BCUT2D eigenvalue weighted by molar-refractivity contribution is 0.661. The predicted molar refractivity (Wildman–Crippen MR) is 280 cm³/mol. The molecule has 1 aliphatic rings. The third kappa shape index (κ3) is 6.08. The van der Waals surface area contributed by atoms with Crippen LogP contribution in [0.5, 0.6) is 0 Å². The van der Waals surface area contributed by atoms with Crippen molar-refractivity contribution >= 4 is 53.1 Å². The van der Waals surface area contributed by atoms with Gasteiger partial charge in [-0.25, -0.2) is 9.97 Å². The van der Waals surface area contributed by atoms with Gasteiger partial charge in [0.05, 0.1) is 11.4 Å². The maximum atomic E-state index is 5.52. The molecule has 13 rings (SSSR count). The normalized spacial score (nSPS) is 12.8. The molecule has 1 aliphatic carbocycles. The van der Waals surface area contributed by atoms with Crippen molar-refractivity contribution < 1.29 is 0 Å². The van der Waals surface area contributed by atoms with Crippen LogP contribution in [0.15, 0.2) is 218 Å². The van der Waals surface area contributed by atoms with E-state index in [-0.39, 0.29) is 5.41 Å². The number of benzene rings is 10. The summed E-state index contributed by atoms with van der Waals surface area (Å²) in [6, 6.07) is 79.6. The molecule has 0 aliphatic heterocycles. The van der Waals surface area contributed by atoms with Gasteiger partial charge in [-0.2, -0.15) is 0 Å². The Morgan fingerprint density at radius 3 is 1.76 bits per heavy atom. The van der Waals surface area contributed by atoms with Crippen LogP contribution in [0.4, 0.5) is 0 Å². The van der Waals surface area contributed by atoms with Gasteiger partial charge in [-0.1, -0.05) is 208 Å². The molecule has 0 bridgehead atoms. The van der Waals surface area contributed by atoms with Crippen LogP contribution in [-0.4, -0.2) is 9.97 Å². The molecule has 0 saturated heterocycles. The second-order valence-corrected chi connectivity index (χ2v) is 19.1. The molecule has 10 aromatic carbocycles. The third-order valence-electron chi connectivity index (χ3n) is 13.9. The van der Waals surface area contributed by atoms with E-state index < -0.39 is 0 Å². The smallest absolute Gasteiger partial charge is 0.160 e. The first-order chi connectivity index (χ1) is 32.5. The topological polar surface area (TPSA) is 25.8 Å². The molecule has 0 saturated carbocycles. The average molecular weight is 859 g/mol. The van der Waals surface area contributed by atoms with Crippen molar-refractivity contribution in [3.8, 4) is 78.4 Å². The van der Waals surface area contributed by atoms with Gasteiger partial charge in [0, 0.05) is 42.3 Å². The van der Waals surface area contributed by atoms with E-state index in [4.69, 9.17) is 9.97 Å². The van der Waals surface area contributed by atoms with E-state index in [1.807, 2.05) is 11.3 Å². The number of fused-ring (bicyclic) bond motifs is 8. The number of hydrogen-bond acceptors (Lipinski definition) is 3. The lowest BCUT2D eigenvalue weighted by atomic mass is 9.81. The molecular formula is C63H42N2S. The molecule has 0 atom stereocenters. The second-order valence-electron chi connectivity index (χ2n) is 18.0. The van der Waals surface area contributed by atoms with E-state index in [0.717, 1.165) is 50.2 Å². The molecule has 0 fully saturated rings. The number of nitrogens with zero attached hydrogens (tertiary/aromatic N) is 2. The molecule has 2 heterocycles. The largest absolute Gasteiger partial charge is 0.228 e. The zero-order valence-electron chi connectivity index (χ0n) is 36.6. The zero-order chi connectivity index (χ0) is 43.9. The molecule has 0 unspecified atom stereocenters. The molecule has 0 radical (unpaired) electrons. The molecule has 12 aromatic rings. The van der Waals surface area contributed by atoms with Crippen LogP contribution >= 0.6 is 11.3 Å². The molecule has 310 valence electrons. The Labute approximate surface area is 388 Å². The van der Waals surface area contributed by atoms with E-state index >= 15 is 0 Å². The van der Waals surface area contributed by atoms with Crippen molar-refractivity contribution in [2.75, 3.05) is 0 Å². The van der Waals surface area contributed by atoms with Gasteiger partial charge in [-0.3, -0.25) is 0 Å². The molecule has 0 N–H and O–H groups in total. The molecule has 3 heteroatoms. The van der Waals surface area contributed by atoms with Crippen molar-refractivity contribution in [2.45, 2.75) is 19.3 Å². The summed E-state index contributed by atoms with van der Waals surface area (Å²) in [5.41, 5.74) is 17.1. The van der Waals surface area contributed by atoms with Crippen molar-refractivity contribution in [2.24, 2.45) is 0 Å². The summed E-state index contributed by atoms with van der Waals surface area (Å²) < 4.78 is 2.64. The van der Waals surface area contributed by atoms with E-state index in [9.17, 15) is 0 Å². The van der Waals surface area contributed by atoms with Gasteiger partial charge < -0.3 is 0 Å². The molecule has 0 amide bonds. The lowest BCUT2D eigenvalue weighted by Crippen LogP contribution is -2.14. The Bertz CT molecular complexity index is 3900. The molecule has 66 heavy (non-hydrogen) atoms. The highest BCUT2D eigenvalue weighted by atomic mass is 32.1. The quantitative estimate of drug-likeness (QED) is 0.166. The Balaban J connectivity index is 1.00. The van der Waals surface area contributed by atoms with Crippen LogP contribution in [-0.2, 0) is 5.41 Å². The van der Waals surface area contributed by atoms with Gasteiger partial charge >= 0.3 is 0 Å². The standard InChI is InChI=1S/C63H42N2S/c1-63(2)54-28-15-26-50(59(54)53-36-43-19-6-7-20-44(43)37-55(53)63)51-35-34-39-16-8-9-22-46(39)60(51)57-38-56(64-62(65-57)42-17-4-3-5-18-42)48-23-11-10-21-45(48)40-30-32-41(33-31-40)47-25-14-27-52-49-24-12-13-29-58(49)66-61(47)52/h3-38H,1-2H3. The van der Waals surface area contributed by atoms with Gasteiger partial charge in [-0.15, -0.1) is 11.3 Å². The predicted octanol–water partition coefficient (Wildman–Crippen LogP) is 17.5. The van der Waals surface area contributed by atoms with Crippen LogP contribution in [0.3, 0.4) is 0 Å². The van der Waals surface area contributed by atoms with Gasteiger partial charge in [0.25, 0.3) is 0 Å². The zero-order valence-corrected chi connectivity index (χ0v) is 37.4. The summed E-state index contributed by atoms with van der Waals surface area (Å²) in [5, 5.41) is 7.48. The van der Waals surface area contributed by atoms with Crippen molar-refractivity contribution in [3.05, 3.63) is 230 Å². The Morgan fingerprint density at radius 2 is 0.939 bits per heavy atom. The van der Waals surface area contributed by atoms with Crippen LogP contribution in [0.25, 0.3) is 120 Å². The molecule has 2 nitrogen and oxygen atoms in total. The summed E-state index contributed by atoms with van der Waals surface area (Å²) in [4.78, 5) is 10.9. The van der Waals surface area contributed by atoms with Crippen LogP contribution < -0.4 is 0 Å². The Morgan fingerprint density at radius 1 is 0.348 bits per heavy atom. The summed E-state index contributed by atoms with van der Waals surface area (Å²) in [5.74, 6) is 0.694. The summed E-state index contributed by atoms with van der Waals surface area (Å²) in [6.07, 6.45) is 0. The minimum atomic E-state index is -0.169. The van der Waals surface area contributed by atoms with Gasteiger partial charge in [0.1, 0.15) is 0 Å². The van der Waals surface area contributed by atoms with Crippen molar-refractivity contribution in [1.82, 2.24) is 9.97 Å². The van der Waals surface area contributed by atoms with E-state index in [1.165, 1.54) is 75.3 Å². The van der Waals surface area contributed by atoms with Gasteiger partial charge in [-0.05, 0) is 101 Å². The third-order valence-corrected chi connectivity index (χ3v) is 15.1. The fourth-order valence-electron chi connectivity index (χ4n) is 10.7. The first-order valence-corrected chi connectivity index (χ1v) is 23.5. The fourth-order valence-corrected chi connectivity index (χ4v) is 11.9. The minimum Gasteiger partial charge on any atom is -0.228 e. The first-order valence-electron chi connectivity index (χ1n) is 22.7. The SMILES string of the molecule is CC1(C)c2cc3ccccc3cc2-c2c(-c3ccc4ccccc4c3-c3cc(-c4ccccc4-c4ccc(-c5cccc6c5sc5ccccc56)cc4)nc(-c4ccccc4)n3)cccc21. The number of thiophene rings is 1. The van der Waals surface area contributed by atoms with Crippen LogP contribution in [0.1, 0.15) is 25.0 Å². The first kappa shape index (κ1) is 38.5. The highest BCUT2D eigenvalue weighted by molar-refractivity contribution is 7.26. The van der Waals surface area contributed by atoms with E-state index in [1.54, 1.807) is 0 Å². The van der Waals surface area contributed by atoms with E-state index in [0.29, 0.717) is 5.82 Å². The summed E-state index contributed by atoms with van der Waals surface area (Å²) in [6.45, 7) is 4.74. The van der Waals surface area contributed by atoms with Crippen LogP contribution in [0, 0.1) is 0 Å².